The van der Waals surface area contributed by atoms with Crippen LogP contribution in [0.2, 0.25) is 24.2 Å². The SMILES string of the molecule is C=CCN.CC1(CC2CO2)CCCC[Si]1(C)C. The molecule has 2 unspecified atom stereocenters. The molecule has 100 valence electrons. The first-order valence-electron chi connectivity index (χ1n) is 6.88. The van der Waals surface area contributed by atoms with Crippen molar-refractivity contribution < 1.29 is 4.74 Å². The van der Waals surface area contributed by atoms with Gasteiger partial charge in [-0.1, -0.05) is 51.4 Å². The molecule has 2 nitrogen and oxygen atoms in total. The molecule has 0 aromatic heterocycles. The third kappa shape index (κ3) is 4.23. The zero-order valence-corrected chi connectivity index (χ0v) is 12.8. The van der Waals surface area contributed by atoms with E-state index < -0.39 is 8.07 Å². The summed E-state index contributed by atoms with van der Waals surface area (Å²) in [7, 11) is -0.947. The maximum atomic E-state index is 5.39. The van der Waals surface area contributed by atoms with Gasteiger partial charge in [0.2, 0.25) is 0 Å². The number of hydrogen-bond donors (Lipinski definition) is 1. The third-order valence-corrected chi connectivity index (χ3v) is 9.99. The van der Waals surface area contributed by atoms with E-state index in [0.717, 1.165) is 6.61 Å². The molecule has 0 radical (unpaired) electrons. The molecule has 2 aliphatic rings. The lowest BCUT2D eigenvalue weighted by Gasteiger charge is -2.46. The van der Waals surface area contributed by atoms with Crippen molar-refractivity contribution in [3.8, 4) is 0 Å². The van der Waals surface area contributed by atoms with Gasteiger partial charge in [-0.25, -0.2) is 0 Å². The van der Waals surface area contributed by atoms with E-state index in [1.807, 2.05) is 0 Å². The molecule has 0 saturated carbocycles. The summed E-state index contributed by atoms with van der Waals surface area (Å²) in [5, 5.41) is 0.673. The average molecular weight is 255 g/mol. The summed E-state index contributed by atoms with van der Waals surface area (Å²) in [5.74, 6) is 0. The fourth-order valence-electron chi connectivity index (χ4n) is 2.79. The Hall–Kier alpha value is -0.123. The molecule has 0 spiro atoms. The number of rotatable bonds is 3. The molecule has 2 fully saturated rings. The van der Waals surface area contributed by atoms with Gasteiger partial charge in [0.1, 0.15) is 0 Å². The van der Waals surface area contributed by atoms with Crippen LogP contribution in [0.4, 0.5) is 0 Å². The minimum atomic E-state index is -0.947. The second-order valence-electron chi connectivity index (χ2n) is 6.34. The number of hydrogen-bond acceptors (Lipinski definition) is 2. The highest BCUT2D eigenvalue weighted by Crippen LogP contribution is 2.53. The van der Waals surface area contributed by atoms with Crippen LogP contribution in [0.5, 0.6) is 0 Å². The van der Waals surface area contributed by atoms with E-state index in [1.54, 1.807) is 6.08 Å². The maximum Gasteiger partial charge on any atom is 0.0812 e. The van der Waals surface area contributed by atoms with E-state index >= 15 is 0 Å². The highest BCUT2D eigenvalue weighted by Gasteiger charge is 2.47. The zero-order valence-electron chi connectivity index (χ0n) is 11.8. The van der Waals surface area contributed by atoms with Gasteiger partial charge in [-0.3, -0.25) is 0 Å². The molecule has 2 rings (SSSR count). The van der Waals surface area contributed by atoms with E-state index in [9.17, 15) is 0 Å². The van der Waals surface area contributed by atoms with Gasteiger partial charge in [0.05, 0.1) is 20.8 Å². The summed E-state index contributed by atoms with van der Waals surface area (Å²) in [5.41, 5.74) is 4.91. The molecule has 2 atom stereocenters. The van der Waals surface area contributed by atoms with Gasteiger partial charge < -0.3 is 10.5 Å². The third-order valence-electron chi connectivity index (χ3n) is 4.66. The first-order chi connectivity index (χ1) is 7.95. The van der Waals surface area contributed by atoms with Gasteiger partial charge in [0.25, 0.3) is 0 Å². The highest BCUT2D eigenvalue weighted by atomic mass is 28.3. The molecular formula is C14H29NOSi. The van der Waals surface area contributed by atoms with Crippen molar-refractivity contribution in [1.82, 2.24) is 0 Å². The van der Waals surface area contributed by atoms with Crippen molar-refractivity contribution in [2.75, 3.05) is 13.2 Å². The van der Waals surface area contributed by atoms with Crippen LogP contribution in [0, 0.1) is 0 Å². The zero-order chi connectivity index (χ0) is 12.9. The molecule has 0 amide bonds. The van der Waals surface area contributed by atoms with Crippen LogP contribution in [-0.2, 0) is 4.74 Å². The topological polar surface area (TPSA) is 38.5 Å². The van der Waals surface area contributed by atoms with Crippen LogP contribution in [0.1, 0.15) is 32.6 Å². The smallest absolute Gasteiger partial charge is 0.0812 e. The minimum absolute atomic E-state index is 0.583. The van der Waals surface area contributed by atoms with Gasteiger partial charge in [0, 0.05) is 6.54 Å². The lowest BCUT2D eigenvalue weighted by atomic mass is 9.97. The molecule has 2 heterocycles. The Morgan fingerprint density at radius 3 is 2.47 bits per heavy atom. The molecule has 17 heavy (non-hydrogen) atoms. The van der Waals surface area contributed by atoms with Crippen molar-refractivity contribution in [3.05, 3.63) is 12.7 Å². The van der Waals surface area contributed by atoms with Crippen LogP contribution < -0.4 is 5.73 Å². The summed E-state index contributed by atoms with van der Waals surface area (Å²) in [6, 6.07) is 1.54. The van der Waals surface area contributed by atoms with Gasteiger partial charge >= 0.3 is 0 Å². The predicted molar refractivity (Wildman–Crippen MR) is 78.1 cm³/mol. The number of nitrogens with two attached hydrogens (primary N) is 1. The Balaban J connectivity index is 0.000000317. The Labute approximate surface area is 108 Å². The summed E-state index contributed by atoms with van der Waals surface area (Å²) in [4.78, 5) is 0. The van der Waals surface area contributed by atoms with Crippen molar-refractivity contribution in [2.45, 2.75) is 62.9 Å². The second-order valence-corrected chi connectivity index (χ2v) is 11.8. The molecular weight excluding hydrogens is 226 g/mol. The molecule has 2 aliphatic heterocycles. The Bertz CT molecular complexity index is 251. The fraction of sp³-hybridized carbons (Fsp3) is 0.857. The number of ether oxygens (including phenoxy) is 1. The van der Waals surface area contributed by atoms with E-state index in [-0.39, 0.29) is 0 Å². The maximum absolute atomic E-state index is 5.39. The van der Waals surface area contributed by atoms with Crippen molar-refractivity contribution in [1.29, 1.82) is 0 Å². The van der Waals surface area contributed by atoms with Crippen LogP contribution in [-0.4, -0.2) is 27.3 Å². The lowest BCUT2D eigenvalue weighted by molar-refractivity contribution is 0.344. The van der Waals surface area contributed by atoms with Crippen molar-refractivity contribution >= 4 is 8.07 Å². The normalized spacial score (nSPS) is 34.5. The molecule has 0 aromatic rings. The Morgan fingerprint density at radius 1 is 1.47 bits per heavy atom. The van der Waals surface area contributed by atoms with Crippen LogP contribution in [0.25, 0.3) is 0 Å². The molecule has 3 heteroatoms. The van der Waals surface area contributed by atoms with E-state index in [4.69, 9.17) is 10.5 Å². The standard InChI is InChI=1S/C11H22OSi.C3H7N/c1-11(8-10-9-12-10)6-4-5-7-13(11,2)3;1-2-3-4/h10H,4-9H2,1-3H3;2H,1,3-4H2. The Morgan fingerprint density at radius 2 is 2.06 bits per heavy atom. The van der Waals surface area contributed by atoms with Crippen molar-refractivity contribution in [2.24, 2.45) is 5.73 Å². The summed E-state index contributed by atoms with van der Waals surface area (Å²) in [6.45, 7) is 12.7. The molecule has 0 aromatic carbocycles. The lowest BCUT2D eigenvalue weighted by Crippen LogP contribution is -2.43. The van der Waals surface area contributed by atoms with Gasteiger partial charge in [0.15, 0.2) is 0 Å². The fourth-order valence-corrected chi connectivity index (χ4v) is 6.16. The van der Waals surface area contributed by atoms with Gasteiger partial charge in [-0.15, -0.1) is 6.58 Å². The van der Waals surface area contributed by atoms with Gasteiger partial charge in [-0.05, 0) is 11.5 Å². The molecule has 0 bridgehead atoms. The van der Waals surface area contributed by atoms with Crippen molar-refractivity contribution in [3.63, 3.8) is 0 Å². The van der Waals surface area contributed by atoms with E-state index in [2.05, 4.69) is 26.6 Å². The second kappa shape index (κ2) is 6.16. The quantitative estimate of drug-likeness (QED) is 0.476. The van der Waals surface area contributed by atoms with Crippen LogP contribution >= 0.6 is 0 Å². The summed E-state index contributed by atoms with van der Waals surface area (Å²) < 4.78 is 5.39. The molecule has 2 N–H and O–H groups in total. The Kier molecular flexibility index (Phi) is 5.42. The van der Waals surface area contributed by atoms with Crippen LogP contribution in [0.3, 0.4) is 0 Å². The summed E-state index contributed by atoms with van der Waals surface area (Å²) >= 11 is 0. The summed E-state index contributed by atoms with van der Waals surface area (Å²) in [6.07, 6.45) is 8.05. The monoisotopic (exact) mass is 255 g/mol. The first kappa shape index (κ1) is 14.9. The van der Waals surface area contributed by atoms with E-state index in [1.165, 1.54) is 31.7 Å². The van der Waals surface area contributed by atoms with E-state index in [0.29, 0.717) is 17.7 Å². The van der Waals surface area contributed by atoms with Crippen LogP contribution in [0.15, 0.2) is 12.7 Å². The highest BCUT2D eigenvalue weighted by molar-refractivity contribution is 6.80. The van der Waals surface area contributed by atoms with Gasteiger partial charge in [-0.2, -0.15) is 0 Å². The average Bonchev–Trinajstić information content (AvgIpc) is 3.07. The number of epoxide rings is 1. The minimum Gasteiger partial charge on any atom is -0.373 e. The molecule has 0 aliphatic carbocycles. The largest absolute Gasteiger partial charge is 0.373 e. The molecule has 2 saturated heterocycles. The predicted octanol–water partition coefficient (Wildman–Crippen LogP) is 3.56. The first-order valence-corrected chi connectivity index (χ1v) is 10.1.